The van der Waals surface area contributed by atoms with Crippen LogP contribution in [0.4, 0.5) is 5.00 Å². The topological polar surface area (TPSA) is 91.3 Å². The fraction of sp³-hybridized carbons (Fsp3) is 0.421. The zero-order chi connectivity index (χ0) is 18.9. The van der Waals surface area contributed by atoms with Crippen LogP contribution in [0.5, 0.6) is 0 Å². The number of carbonyl (C=O) groups excluding carboxylic acids is 1. The van der Waals surface area contributed by atoms with Gasteiger partial charge in [0.2, 0.25) is 0 Å². The molecule has 0 fully saturated rings. The molecule has 2 aromatic heterocycles. The number of aromatic nitrogens is 1. The summed E-state index contributed by atoms with van der Waals surface area (Å²) in [6.07, 6.45) is 4.22. The number of rotatable bonds is 5. The van der Waals surface area contributed by atoms with Crippen molar-refractivity contribution in [2.45, 2.75) is 39.7 Å². The number of nitrogens with one attached hydrogen (secondary N) is 2. The third kappa shape index (κ3) is 3.64. The van der Waals surface area contributed by atoms with Crippen molar-refractivity contribution in [2.24, 2.45) is 5.41 Å². The van der Waals surface area contributed by atoms with Crippen LogP contribution >= 0.6 is 11.3 Å². The number of aromatic carboxylic acids is 1. The lowest BCUT2D eigenvalue weighted by molar-refractivity contribution is 0.0696. The molecule has 26 heavy (non-hydrogen) atoms. The molecule has 0 saturated heterocycles. The molecule has 0 radical (unpaired) electrons. The fourth-order valence-electron chi connectivity index (χ4n) is 3.36. The lowest BCUT2D eigenvalue weighted by Gasteiger charge is -2.29. The normalized spacial score (nSPS) is 15.3. The highest BCUT2D eigenvalue weighted by Gasteiger charge is 2.33. The first kappa shape index (κ1) is 18.5. The fourth-order valence-corrected chi connectivity index (χ4v) is 4.56. The molecule has 0 saturated carbocycles. The monoisotopic (exact) mass is 373 g/mol. The van der Waals surface area contributed by atoms with Crippen molar-refractivity contribution in [2.75, 3.05) is 12.4 Å². The summed E-state index contributed by atoms with van der Waals surface area (Å²) in [6, 6.07) is 3.40. The number of thiophene rings is 1. The number of hydrogen-bond acceptors (Lipinski definition) is 5. The average Bonchev–Trinajstić information content (AvgIpc) is 2.91. The molecular formula is C19H23N3O3S. The summed E-state index contributed by atoms with van der Waals surface area (Å²) in [5.74, 6) is -1.32. The molecule has 0 atom stereocenters. The maximum atomic E-state index is 12.8. The van der Waals surface area contributed by atoms with Crippen molar-refractivity contribution in [1.82, 2.24) is 10.3 Å². The lowest BCUT2D eigenvalue weighted by Crippen LogP contribution is -2.23. The number of anilines is 1. The largest absolute Gasteiger partial charge is 0.478 e. The number of hydrogen-bond donors (Lipinski definition) is 3. The van der Waals surface area contributed by atoms with Crippen LogP contribution in [0.3, 0.4) is 0 Å². The van der Waals surface area contributed by atoms with Gasteiger partial charge >= 0.3 is 5.97 Å². The van der Waals surface area contributed by atoms with Gasteiger partial charge in [0.05, 0.1) is 16.8 Å². The van der Waals surface area contributed by atoms with Gasteiger partial charge in [-0.05, 0) is 49.4 Å². The van der Waals surface area contributed by atoms with Crippen LogP contribution in [0.2, 0.25) is 0 Å². The first-order chi connectivity index (χ1) is 12.3. The minimum atomic E-state index is -0.989. The van der Waals surface area contributed by atoms with Gasteiger partial charge < -0.3 is 15.7 Å². The molecule has 1 aliphatic rings. The quantitative estimate of drug-likeness (QED) is 0.748. The second-order valence-corrected chi connectivity index (χ2v) is 8.44. The minimum Gasteiger partial charge on any atom is -0.478 e. The Morgan fingerprint density at radius 1 is 1.38 bits per heavy atom. The van der Waals surface area contributed by atoms with E-state index in [9.17, 15) is 14.7 Å². The number of nitrogens with zero attached hydrogens (tertiary/aromatic N) is 1. The van der Waals surface area contributed by atoms with Gasteiger partial charge in [-0.15, -0.1) is 11.3 Å². The zero-order valence-corrected chi connectivity index (χ0v) is 16.0. The number of carboxylic acid groups (broad SMARTS) is 1. The third-order valence-corrected chi connectivity index (χ3v) is 5.90. The van der Waals surface area contributed by atoms with E-state index in [1.807, 2.05) is 0 Å². The molecule has 138 valence electrons. The van der Waals surface area contributed by atoms with Gasteiger partial charge in [0, 0.05) is 17.6 Å². The molecule has 3 rings (SSSR count). The summed E-state index contributed by atoms with van der Waals surface area (Å²) in [4.78, 5) is 30.0. The molecule has 0 aromatic carbocycles. The molecular weight excluding hydrogens is 350 g/mol. The van der Waals surface area contributed by atoms with Crippen molar-refractivity contribution in [3.63, 3.8) is 0 Å². The molecule has 2 heterocycles. The molecule has 1 amide bonds. The molecule has 3 N–H and O–H groups in total. The predicted molar refractivity (Wildman–Crippen MR) is 102 cm³/mol. The summed E-state index contributed by atoms with van der Waals surface area (Å²) in [5.41, 5.74) is 2.26. The summed E-state index contributed by atoms with van der Waals surface area (Å²) < 4.78 is 0. The van der Waals surface area contributed by atoms with Crippen LogP contribution in [-0.4, -0.2) is 29.0 Å². The van der Waals surface area contributed by atoms with Gasteiger partial charge in [-0.25, -0.2) is 4.79 Å². The van der Waals surface area contributed by atoms with Crippen LogP contribution in [-0.2, 0) is 19.4 Å². The highest BCUT2D eigenvalue weighted by Crippen LogP contribution is 2.43. The molecule has 1 aliphatic carbocycles. The third-order valence-electron chi connectivity index (χ3n) is 4.69. The van der Waals surface area contributed by atoms with Crippen molar-refractivity contribution >= 4 is 28.2 Å². The zero-order valence-electron chi connectivity index (χ0n) is 15.2. The van der Waals surface area contributed by atoms with E-state index < -0.39 is 5.97 Å². The minimum absolute atomic E-state index is 0.0723. The Morgan fingerprint density at radius 3 is 2.85 bits per heavy atom. The van der Waals surface area contributed by atoms with E-state index in [1.165, 1.54) is 11.3 Å². The van der Waals surface area contributed by atoms with E-state index >= 15 is 0 Å². The Balaban J connectivity index is 1.95. The van der Waals surface area contributed by atoms with E-state index in [-0.39, 0.29) is 16.9 Å². The summed E-state index contributed by atoms with van der Waals surface area (Å²) >= 11 is 1.38. The molecule has 7 heteroatoms. The molecule has 2 aromatic rings. The van der Waals surface area contributed by atoms with Crippen molar-refractivity contribution in [3.8, 4) is 0 Å². The molecule has 6 nitrogen and oxygen atoms in total. The number of fused-ring (bicyclic) bond motifs is 1. The number of amides is 1. The Labute approximate surface area is 156 Å². The lowest BCUT2D eigenvalue weighted by atomic mass is 9.76. The molecule has 0 unspecified atom stereocenters. The Morgan fingerprint density at radius 2 is 2.15 bits per heavy atom. The highest BCUT2D eigenvalue weighted by atomic mass is 32.1. The van der Waals surface area contributed by atoms with Gasteiger partial charge in [0.1, 0.15) is 5.00 Å². The standard InChI is InChI=1S/C19H23N3O3S/c1-19(2)7-6-14-12(9-19)15(18(24)25)17(26-14)22-16(23)11-5-4-8-21-13(11)10-20-3/h4-5,8,20H,6-7,9-10H2,1-3H3,(H,22,23)(H,24,25). The second-order valence-electron chi connectivity index (χ2n) is 7.34. The second kappa shape index (κ2) is 7.17. The maximum absolute atomic E-state index is 12.8. The van der Waals surface area contributed by atoms with Gasteiger partial charge in [-0.3, -0.25) is 9.78 Å². The van der Waals surface area contributed by atoms with E-state index in [4.69, 9.17) is 0 Å². The smallest absolute Gasteiger partial charge is 0.339 e. The first-order valence-corrected chi connectivity index (χ1v) is 9.42. The number of pyridine rings is 1. The average molecular weight is 373 g/mol. The van der Waals surface area contributed by atoms with E-state index in [2.05, 4.69) is 29.5 Å². The first-order valence-electron chi connectivity index (χ1n) is 8.60. The van der Waals surface area contributed by atoms with Crippen molar-refractivity contribution < 1.29 is 14.7 Å². The number of carbonyl (C=O) groups is 2. The summed E-state index contributed by atoms with van der Waals surface area (Å²) in [6.45, 7) is 4.76. The van der Waals surface area contributed by atoms with Crippen LogP contribution in [0, 0.1) is 5.41 Å². The Hall–Kier alpha value is -2.25. The van der Waals surface area contributed by atoms with E-state index in [0.29, 0.717) is 29.2 Å². The van der Waals surface area contributed by atoms with Crippen LogP contribution in [0.25, 0.3) is 0 Å². The van der Waals surface area contributed by atoms with E-state index in [1.54, 1.807) is 25.4 Å². The van der Waals surface area contributed by atoms with Crippen molar-refractivity contribution in [1.29, 1.82) is 0 Å². The Kier molecular flexibility index (Phi) is 5.11. The van der Waals surface area contributed by atoms with Gasteiger partial charge in [0.25, 0.3) is 5.91 Å². The van der Waals surface area contributed by atoms with Gasteiger partial charge in [-0.1, -0.05) is 13.8 Å². The van der Waals surface area contributed by atoms with Crippen molar-refractivity contribution in [3.05, 3.63) is 45.6 Å². The maximum Gasteiger partial charge on any atom is 0.339 e. The number of carboxylic acids is 1. The molecule has 0 aliphatic heterocycles. The molecule has 0 spiro atoms. The highest BCUT2D eigenvalue weighted by molar-refractivity contribution is 7.17. The Bertz CT molecular complexity index is 858. The summed E-state index contributed by atoms with van der Waals surface area (Å²) in [7, 11) is 1.79. The van der Waals surface area contributed by atoms with Crippen LogP contribution in [0.1, 0.15) is 57.1 Å². The predicted octanol–water partition coefficient (Wildman–Crippen LogP) is 3.33. The summed E-state index contributed by atoms with van der Waals surface area (Å²) in [5, 5.41) is 16.0. The SMILES string of the molecule is CNCc1ncccc1C(=O)Nc1sc2c(c1C(=O)O)CC(C)(C)CC2. The number of aryl methyl sites for hydroxylation is 1. The van der Waals surface area contributed by atoms with Crippen LogP contribution in [0.15, 0.2) is 18.3 Å². The van der Waals surface area contributed by atoms with Crippen LogP contribution < -0.4 is 10.6 Å². The van der Waals surface area contributed by atoms with E-state index in [0.717, 1.165) is 23.3 Å². The van der Waals surface area contributed by atoms with Gasteiger partial charge in [0.15, 0.2) is 0 Å². The van der Waals surface area contributed by atoms with Gasteiger partial charge in [-0.2, -0.15) is 0 Å². The molecule has 0 bridgehead atoms.